The molecule has 0 radical (unpaired) electrons. The molecule has 0 aliphatic rings. The number of esters is 1. The van der Waals surface area contributed by atoms with Crippen LogP contribution in [0.15, 0.2) is 36.7 Å². The largest absolute Gasteiger partial charge is 0.469 e. The lowest BCUT2D eigenvalue weighted by Gasteiger charge is -2.00. The number of halogens is 1. The Balaban J connectivity index is 2.21. The Labute approximate surface area is 97.6 Å². The van der Waals surface area contributed by atoms with E-state index in [0.717, 1.165) is 5.56 Å². The fraction of sp³-hybridized carbons (Fsp3) is 0.167. The molecule has 1 heterocycles. The highest BCUT2D eigenvalue weighted by atomic mass is 19.1. The second-order valence-corrected chi connectivity index (χ2v) is 3.53. The minimum Gasteiger partial charge on any atom is -0.469 e. The van der Waals surface area contributed by atoms with Gasteiger partial charge in [-0.1, -0.05) is 6.07 Å². The average molecular weight is 234 g/mol. The van der Waals surface area contributed by atoms with E-state index in [4.69, 9.17) is 0 Å². The first-order valence-corrected chi connectivity index (χ1v) is 5.05. The second kappa shape index (κ2) is 4.78. The summed E-state index contributed by atoms with van der Waals surface area (Å²) < 4.78 is 19.1. The van der Waals surface area contributed by atoms with E-state index in [1.54, 1.807) is 24.5 Å². The molecule has 4 nitrogen and oxygen atoms in total. The van der Waals surface area contributed by atoms with E-state index in [-0.39, 0.29) is 18.2 Å². The van der Waals surface area contributed by atoms with Crippen molar-refractivity contribution >= 4 is 5.97 Å². The maximum atomic E-state index is 13.0. The van der Waals surface area contributed by atoms with Crippen LogP contribution in [0.2, 0.25) is 0 Å². The van der Waals surface area contributed by atoms with Gasteiger partial charge < -0.3 is 4.74 Å². The van der Waals surface area contributed by atoms with Crippen LogP contribution in [0.3, 0.4) is 0 Å². The summed E-state index contributed by atoms with van der Waals surface area (Å²) >= 11 is 0. The van der Waals surface area contributed by atoms with Crippen LogP contribution in [0.1, 0.15) is 5.56 Å². The van der Waals surface area contributed by atoms with Crippen LogP contribution in [-0.4, -0.2) is 22.9 Å². The van der Waals surface area contributed by atoms with Crippen molar-refractivity contribution < 1.29 is 13.9 Å². The fourth-order valence-corrected chi connectivity index (χ4v) is 1.45. The van der Waals surface area contributed by atoms with Crippen molar-refractivity contribution in [3.8, 4) is 5.69 Å². The van der Waals surface area contributed by atoms with Crippen LogP contribution in [0.4, 0.5) is 4.39 Å². The number of carbonyl (C=O) groups is 1. The summed E-state index contributed by atoms with van der Waals surface area (Å²) in [6.07, 6.45) is 3.39. The van der Waals surface area contributed by atoms with E-state index in [1.165, 1.54) is 23.9 Å². The van der Waals surface area contributed by atoms with Gasteiger partial charge in [-0.15, -0.1) is 0 Å². The normalized spacial score (nSPS) is 10.2. The molecule has 1 aromatic heterocycles. The number of rotatable bonds is 3. The first-order chi connectivity index (χ1) is 8.19. The van der Waals surface area contributed by atoms with Gasteiger partial charge in [0.1, 0.15) is 5.82 Å². The second-order valence-electron chi connectivity index (χ2n) is 3.53. The van der Waals surface area contributed by atoms with Gasteiger partial charge in [0, 0.05) is 11.8 Å². The van der Waals surface area contributed by atoms with Gasteiger partial charge in [0.2, 0.25) is 0 Å². The van der Waals surface area contributed by atoms with Crippen LogP contribution < -0.4 is 0 Å². The van der Waals surface area contributed by atoms with Gasteiger partial charge >= 0.3 is 5.97 Å². The topological polar surface area (TPSA) is 44.1 Å². The average Bonchev–Trinajstić information content (AvgIpc) is 2.77. The first-order valence-electron chi connectivity index (χ1n) is 5.05. The van der Waals surface area contributed by atoms with Crippen LogP contribution in [0.25, 0.3) is 5.69 Å². The molecule has 88 valence electrons. The van der Waals surface area contributed by atoms with Gasteiger partial charge in [-0.25, -0.2) is 9.07 Å². The number of methoxy groups -OCH3 is 1. The quantitative estimate of drug-likeness (QED) is 0.759. The third-order valence-electron chi connectivity index (χ3n) is 2.28. The summed E-state index contributed by atoms with van der Waals surface area (Å²) in [5.74, 6) is -0.656. The Morgan fingerprint density at radius 3 is 3.06 bits per heavy atom. The van der Waals surface area contributed by atoms with Crippen LogP contribution in [-0.2, 0) is 16.0 Å². The smallest absolute Gasteiger partial charge is 0.310 e. The third-order valence-corrected chi connectivity index (χ3v) is 2.28. The van der Waals surface area contributed by atoms with Gasteiger partial charge in [-0.05, 0) is 18.2 Å². The Kier molecular flexibility index (Phi) is 3.18. The van der Waals surface area contributed by atoms with E-state index < -0.39 is 0 Å². The lowest BCUT2D eigenvalue weighted by Crippen LogP contribution is -2.03. The predicted octanol–water partition coefficient (Wildman–Crippen LogP) is 1.73. The predicted molar refractivity (Wildman–Crippen MR) is 59.2 cm³/mol. The number of benzene rings is 1. The van der Waals surface area contributed by atoms with Crippen molar-refractivity contribution in [3.05, 3.63) is 48.0 Å². The number of carbonyl (C=O) groups excluding carboxylic acids is 1. The minimum atomic E-state index is -0.330. The number of ether oxygens (including phenoxy) is 1. The molecule has 5 heteroatoms. The van der Waals surface area contributed by atoms with Crippen molar-refractivity contribution in [2.45, 2.75) is 6.42 Å². The lowest BCUT2D eigenvalue weighted by atomic mass is 10.2. The third kappa shape index (κ3) is 2.69. The Hall–Kier alpha value is -2.17. The van der Waals surface area contributed by atoms with E-state index in [9.17, 15) is 9.18 Å². The van der Waals surface area contributed by atoms with Crippen LogP contribution in [0, 0.1) is 5.82 Å². The number of nitrogens with zero attached hydrogens (tertiary/aromatic N) is 2. The standard InChI is InChI=1S/C12H11FN2O2/c1-17-12(16)5-9-7-14-15(8-9)11-4-2-3-10(13)6-11/h2-4,6-8H,5H2,1H3. The summed E-state index contributed by atoms with van der Waals surface area (Å²) in [5, 5.41) is 4.06. The summed E-state index contributed by atoms with van der Waals surface area (Å²) in [6.45, 7) is 0. The molecular weight excluding hydrogens is 223 g/mol. The monoisotopic (exact) mass is 234 g/mol. The number of hydrogen-bond acceptors (Lipinski definition) is 3. The highest BCUT2D eigenvalue weighted by Crippen LogP contribution is 2.10. The molecule has 0 saturated heterocycles. The van der Waals surface area contributed by atoms with E-state index in [2.05, 4.69) is 9.84 Å². The van der Waals surface area contributed by atoms with E-state index in [0.29, 0.717) is 5.69 Å². The summed E-state index contributed by atoms with van der Waals surface area (Å²) in [7, 11) is 1.33. The molecule has 0 fully saturated rings. The molecule has 0 atom stereocenters. The van der Waals surface area contributed by atoms with Gasteiger partial charge in [-0.2, -0.15) is 5.10 Å². The highest BCUT2D eigenvalue weighted by Gasteiger charge is 2.06. The molecule has 0 saturated carbocycles. The van der Waals surface area contributed by atoms with Gasteiger partial charge in [0.05, 0.1) is 25.4 Å². The molecule has 2 rings (SSSR count). The number of aromatic nitrogens is 2. The molecular formula is C12H11FN2O2. The van der Waals surface area contributed by atoms with Gasteiger partial charge in [0.15, 0.2) is 0 Å². The van der Waals surface area contributed by atoms with Crippen molar-refractivity contribution in [1.82, 2.24) is 9.78 Å². The zero-order chi connectivity index (χ0) is 12.3. The minimum absolute atomic E-state index is 0.159. The SMILES string of the molecule is COC(=O)Cc1cnn(-c2cccc(F)c2)c1. The molecule has 0 spiro atoms. The molecule has 0 aliphatic carbocycles. The highest BCUT2D eigenvalue weighted by molar-refractivity contribution is 5.72. The molecule has 2 aromatic rings. The molecule has 17 heavy (non-hydrogen) atoms. The Bertz CT molecular complexity index is 537. The number of hydrogen-bond donors (Lipinski definition) is 0. The van der Waals surface area contributed by atoms with Gasteiger partial charge in [-0.3, -0.25) is 4.79 Å². The maximum absolute atomic E-state index is 13.0. The van der Waals surface area contributed by atoms with Crippen LogP contribution in [0.5, 0.6) is 0 Å². The molecule has 0 amide bonds. The van der Waals surface area contributed by atoms with Crippen molar-refractivity contribution in [2.24, 2.45) is 0 Å². The Morgan fingerprint density at radius 2 is 2.35 bits per heavy atom. The molecule has 0 unspecified atom stereocenters. The van der Waals surface area contributed by atoms with Crippen molar-refractivity contribution in [3.63, 3.8) is 0 Å². The Morgan fingerprint density at radius 1 is 1.53 bits per heavy atom. The molecule has 0 bridgehead atoms. The molecule has 0 N–H and O–H groups in total. The summed E-state index contributed by atoms with van der Waals surface area (Å²) in [6, 6.07) is 6.07. The van der Waals surface area contributed by atoms with Crippen molar-refractivity contribution in [1.29, 1.82) is 0 Å². The fourth-order valence-electron chi connectivity index (χ4n) is 1.45. The summed E-state index contributed by atoms with van der Waals surface area (Å²) in [4.78, 5) is 11.1. The summed E-state index contributed by atoms with van der Waals surface area (Å²) in [5.41, 5.74) is 1.34. The van der Waals surface area contributed by atoms with E-state index in [1.807, 2.05) is 0 Å². The van der Waals surface area contributed by atoms with E-state index >= 15 is 0 Å². The maximum Gasteiger partial charge on any atom is 0.310 e. The van der Waals surface area contributed by atoms with Gasteiger partial charge in [0.25, 0.3) is 0 Å². The first kappa shape index (κ1) is 11.3. The lowest BCUT2D eigenvalue weighted by molar-refractivity contribution is -0.139. The zero-order valence-corrected chi connectivity index (χ0v) is 9.26. The molecule has 1 aromatic carbocycles. The molecule has 0 aliphatic heterocycles. The zero-order valence-electron chi connectivity index (χ0n) is 9.26. The van der Waals surface area contributed by atoms with Crippen LogP contribution >= 0.6 is 0 Å². The van der Waals surface area contributed by atoms with Crippen molar-refractivity contribution in [2.75, 3.05) is 7.11 Å².